The number of amides is 2. The van der Waals surface area contributed by atoms with Crippen LogP contribution in [0.5, 0.6) is 5.75 Å². The van der Waals surface area contributed by atoms with Crippen molar-refractivity contribution in [3.63, 3.8) is 0 Å². The Morgan fingerprint density at radius 3 is 2.77 bits per heavy atom. The van der Waals surface area contributed by atoms with Crippen molar-refractivity contribution in [2.45, 2.75) is 6.42 Å². The van der Waals surface area contributed by atoms with Crippen LogP contribution in [0.1, 0.15) is 16.8 Å². The van der Waals surface area contributed by atoms with Gasteiger partial charge in [-0.15, -0.1) is 12.4 Å². The van der Waals surface area contributed by atoms with Gasteiger partial charge in [-0.25, -0.2) is 0 Å². The molecule has 0 spiro atoms. The molecule has 0 unspecified atom stereocenters. The smallest absolute Gasteiger partial charge is 0.255 e. The molecule has 2 amide bonds. The number of halogens is 1. The molecule has 2 aromatic rings. The second-order valence-electron chi connectivity index (χ2n) is 4.55. The van der Waals surface area contributed by atoms with E-state index >= 15 is 0 Å². The lowest BCUT2D eigenvalue weighted by Crippen LogP contribution is -2.13. The highest BCUT2D eigenvalue weighted by molar-refractivity contribution is 6.04. The summed E-state index contributed by atoms with van der Waals surface area (Å²) >= 11 is 0. The molecule has 2 N–H and O–H groups in total. The predicted octanol–water partition coefficient (Wildman–Crippen LogP) is 2.48. The summed E-state index contributed by atoms with van der Waals surface area (Å²) in [6, 6.07) is 8.39. The maximum absolute atomic E-state index is 12.1. The first kappa shape index (κ1) is 15.8. The summed E-state index contributed by atoms with van der Waals surface area (Å²) in [4.78, 5) is 27.4. The number of anilines is 2. The second-order valence-corrected chi connectivity index (χ2v) is 4.55. The van der Waals surface area contributed by atoms with E-state index in [0.717, 1.165) is 0 Å². The molecule has 2 heterocycles. The van der Waals surface area contributed by atoms with Crippen LogP contribution in [-0.4, -0.2) is 23.4 Å². The van der Waals surface area contributed by atoms with Crippen LogP contribution in [0.25, 0.3) is 0 Å². The molecule has 1 aliphatic rings. The van der Waals surface area contributed by atoms with E-state index in [1.54, 1.807) is 42.7 Å². The number of carbonyl (C=O) groups excluding carboxylic acids is 2. The van der Waals surface area contributed by atoms with E-state index in [4.69, 9.17) is 4.74 Å². The van der Waals surface area contributed by atoms with Gasteiger partial charge in [0.2, 0.25) is 5.91 Å². The van der Waals surface area contributed by atoms with E-state index < -0.39 is 0 Å². The summed E-state index contributed by atoms with van der Waals surface area (Å²) in [6.45, 7) is 0.349. The largest absolute Gasteiger partial charge is 0.491 e. The second kappa shape index (κ2) is 6.91. The van der Waals surface area contributed by atoms with E-state index in [2.05, 4.69) is 15.6 Å². The maximum atomic E-state index is 12.1. The third-order valence-electron chi connectivity index (χ3n) is 3.04. The van der Waals surface area contributed by atoms with Crippen LogP contribution in [0, 0.1) is 0 Å². The number of benzene rings is 1. The lowest BCUT2D eigenvalue weighted by molar-refractivity contribution is -0.116. The summed E-state index contributed by atoms with van der Waals surface area (Å²) in [5.74, 6) is 0.257. The molecular weight excluding hydrogens is 306 g/mol. The van der Waals surface area contributed by atoms with Crippen LogP contribution in [0.4, 0.5) is 11.4 Å². The Morgan fingerprint density at radius 2 is 2.00 bits per heavy atom. The zero-order chi connectivity index (χ0) is 14.7. The zero-order valence-electron chi connectivity index (χ0n) is 11.5. The van der Waals surface area contributed by atoms with Gasteiger partial charge in [-0.05, 0) is 30.3 Å². The first-order chi connectivity index (χ1) is 10.2. The van der Waals surface area contributed by atoms with Gasteiger partial charge >= 0.3 is 0 Å². The van der Waals surface area contributed by atoms with Crippen molar-refractivity contribution in [1.29, 1.82) is 0 Å². The van der Waals surface area contributed by atoms with Crippen molar-refractivity contribution < 1.29 is 14.3 Å². The van der Waals surface area contributed by atoms with Gasteiger partial charge in [-0.3, -0.25) is 14.6 Å². The van der Waals surface area contributed by atoms with Crippen molar-refractivity contribution in [3.8, 4) is 5.75 Å². The first-order valence-electron chi connectivity index (χ1n) is 6.50. The summed E-state index contributed by atoms with van der Waals surface area (Å²) in [5, 5.41) is 5.52. The Hall–Kier alpha value is -2.60. The van der Waals surface area contributed by atoms with Crippen LogP contribution in [0.15, 0.2) is 42.7 Å². The highest BCUT2D eigenvalue weighted by Gasteiger charge is 2.15. The van der Waals surface area contributed by atoms with Crippen LogP contribution < -0.4 is 15.4 Å². The Kier molecular flexibility index (Phi) is 4.95. The number of ether oxygens (including phenoxy) is 1. The first-order valence-corrected chi connectivity index (χ1v) is 6.50. The Morgan fingerprint density at radius 1 is 1.23 bits per heavy atom. The van der Waals surface area contributed by atoms with Crippen molar-refractivity contribution >= 4 is 35.6 Å². The minimum Gasteiger partial charge on any atom is -0.491 e. The number of nitrogens with zero attached hydrogens (tertiary/aromatic N) is 1. The van der Waals surface area contributed by atoms with E-state index in [0.29, 0.717) is 35.7 Å². The highest BCUT2D eigenvalue weighted by Crippen LogP contribution is 2.30. The zero-order valence-corrected chi connectivity index (χ0v) is 12.4. The number of hydrogen-bond acceptors (Lipinski definition) is 4. The average molecular weight is 320 g/mol. The molecule has 6 nitrogen and oxygen atoms in total. The average Bonchev–Trinajstić information content (AvgIpc) is 2.68. The van der Waals surface area contributed by atoms with E-state index in [9.17, 15) is 9.59 Å². The minimum absolute atomic E-state index is 0. The van der Waals surface area contributed by atoms with Crippen LogP contribution in [0.3, 0.4) is 0 Å². The molecule has 1 aromatic heterocycles. The lowest BCUT2D eigenvalue weighted by Gasteiger charge is -2.10. The summed E-state index contributed by atoms with van der Waals surface area (Å²) in [5.41, 5.74) is 1.66. The van der Waals surface area contributed by atoms with Gasteiger partial charge in [-0.2, -0.15) is 0 Å². The van der Waals surface area contributed by atoms with Gasteiger partial charge in [0.05, 0.1) is 18.7 Å². The highest BCUT2D eigenvalue weighted by atomic mass is 35.5. The molecule has 7 heteroatoms. The Balaban J connectivity index is 0.00000176. The van der Waals surface area contributed by atoms with Crippen LogP contribution in [-0.2, 0) is 4.79 Å². The topological polar surface area (TPSA) is 80.3 Å². The molecule has 22 heavy (non-hydrogen) atoms. The molecule has 1 aliphatic heterocycles. The molecule has 0 bridgehead atoms. The number of pyridine rings is 1. The summed E-state index contributed by atoms with van der Waals surface area (Å²) in [6.07, 6.45) is 3.42. The fourth-order valence-electron chi connectivity index (χ4n) is 2.00. The molecule has 0 aliphatic carbocycles. The van der Waals surface area contributed by atoms with Crippen molar-refractivity contribution in [3.05, 3.63) is 48.3 Å². The normalized spacial score (nSPS) is 12.8. The minimum atomic E-state index is -0.238. The molecule has 0 fully saturated rings. The third kappa shape index (κ3) is 3.53. The van der Waals surface area contributed by atoms with E-state index in [1.807, 2.05) is 0 Å². The standard InChI is InChI=1S/C15H13N3O3.ClH/c19-14-5-8-21-13-2-1-11(9-12(13)18-14)17-15(20)10-3-6-16-7-4-10;/h1-4,6-7,9H,5,8H2,(H,17,20)(H,18,19);1H. The Bertz CT molecular complexity index is 692. The fourth-order valence-corrected chi connectivity index (χ4v) is 2.00. The lowest BCUT2D eigenvalue weighted by atomic mass is 10.2. The SMILES string of the molecule is Cl.O=C1CCOc2ccc(NC(=O)c3ccncc3)cc2N1. The fraction of sp³-hybridized carbons (Fsp3) is 0.133. The van der Waals surface area contributed by atoms with Crippen molar-refractivity contribution in [2.24, 2.45) is 0 Å². The summed E-state index contributed by atoms with van der Waals surface area (Å²) in [7, 11) is 0. The van der Waals surface area contributed by atoms with Crippen LogP contribution in [0.2, 0.25) is 0 Å². The van der Waals surface area contributed by atoms with Crippen molar-refractivity contribution in [2.75, 3.05) is 17.2 Å². The maximum Gasteiger partial charge on any atom is 0.255 e. The van der Waals surface area contributed by atoms with Gasteiger partial charge in [0.1, 0.15) is 5.75 Å². The number of fused-ring (bicyclic) bond motifs is 1. The number of hydrogen-bond donors (Lipinski definition) is 2. The number of aromatic nitrogens is 1. The van der Waals surface area contributed by atoms with Crippen molar-refractivity contribution in [1.82, 2.24) is 4.98 Å². The molecule has 1 aromatic carbocycles. The molecule has 0 saturated heterocycles. The van der Waals surface area contributed by atoms with Gasteiger partial charge in [0, 0.05) is 23.6 Å². The molecule has 114 valence electrons. The number of nitrogens with one attached hydrogen (secondary N) is 2. The molecule has 0 saturated carbocycles. The van der Waals surface area contributed by atoms with Gasteiger partial charge in [0.25, 0.3) is 5.91 Å². The molecule has 0 atom stereocenters. The van der Waals surface area contributed by atoms with Gasteiger partial charge in [0.15, 0.2) is 0 Å². The predicted molar refractivity (Wildman–Crippen MR) is 84.6 cm³/mol. The molecule has 3 rings (SSSR count). The van der Waals surface area contributed by atoms with Crippen LogP contribution >= 0.6 is 12.4 Å². The number of carbonyl (C=O) groups is 2. The van der Waals surface area contributed by atoms with Gasteiger partial charge < -0.3 is 15.4 Å². The monoisotopic (exact) mass is 319 g/mol. The van der Waals surface area contributed by atoms with Gasteiger partial charge in [-0.1, -0.05) is 0 Å². The summed E-state index contributed by atoms with van der Waals surface area (Å²) < 4.78 is 5.46. The number of rotatable bonds is 2. The molecular formula is C15H14ClN3O3. The quantitative estimate of drug-likeness (QED) is 0.891. The third-order valence-corrected chi connectivity index (χ3v) is 3.04. The van der Waals surface area contributed by atoms with E-state index in [1.165, 1.54) is 0 Å². The molecule has 0 radical (unpaired) electrons. The Labute approximate surface area is 133 Å². The van der Waals surface area contributed by atoms with E-state index in [-0.39, 0.29) is 24.2 Å².